The first-order valence-electron chi connectivity index (χ1n) is 5.88. The highest BCUT2D eigenvalue weighted by Crippen LogP contribution is 2.23. The lowest BCUT2D eigenvalue weighted by molar-refractivity contribution is 0.00742. The summed E-state index contributed by atoms with van der Waals surface area (Å²) in [7, 11) is 1.76. The second kappa shape index (κ2) is 4.55. The van der Waals surface area contributed by atoms with Gasteiger partial charge in [0.1, 0.15) is 0 Å². The topological polar surface area (TPSA) is 39.1 Å². The Labute approximate surface area is 97.0 Å². The molecule has 90 valence electrons. The molecule has 4 nitrogen and oxygen atoms in total. The fourth-order valence-electron chi connectivity index (χ4n) is 2.18. The van der Waals surface area contributed by atoms with Crippen LogP contribution in [0.5, 0.6) is 0 Å². The molecule has 1 aliphatic rings. The van der Waals surface area contributed by atoms with Crippen molar-refractivity contribution in [1.29, 1.82) is 0 Å². The summed E-state index contributed by atoms with van der Waals surface area (Å²) in [5.41, 5.74) is 1.19. The molecule has 4 heteroatoms. The number of ether oxygens (including phenoxy) is 1. The fourth-order valence-corrected chi connectivity index (χ4v) is 2.18. The van der Waals surface area contributed by atoms with E-state index in [-0.39, 0.29) is 5.60 Å². The van der Waals surface area contributed by atoms with E-state index in [1.165, 1.54) is 12.1 Å². The van der Waals surface area contributed by atoms with Gasteiger partial charge < -0.3 is 14.6 Å². The van der Waals surface area contributed by atoms with E-state index in [9.17, 15) is 0 Å². The maximum absolute atomic E-state index is 5.46. The van der Waals surface area contributed by atoms with Crippen LogP contribution < -0.4 is 5.32 Å². The molecule has 1 fully saturated rings. The summed E-state index contributed by atoms with van der Waals surface area (Å²) in [5, 5.41) is 3.39. The van der Waals surface area contributed by atoms with E-state index in [1.807, 2.05) is 12.5 Å². The SMILES string of the molecule is COC(C)(C)Cn1cncc1C1CCNC1. The first-order chi connectivity index (χ1) is 7.62. The maximum atomic E-state index is 5.46. The monoisotopic (exact) mass is 223 g/mol. The van der Waals surface area contributed by atoms with Crippen LogP contribution in [-0.4, -0.2) is 35.4 Å². The number of rotatable bonds is 4. The third kappa shape index (κ3) is 2.44. The molecular formula is C12H21N3O. The summed E-state index contributed by atoms with van der Waals surface area (Å²) in [6.45, 7) is 7.24. The Bertz CT molecular complexity index is 340. The molecule has 1 aromatic rings. The highest BCUT2D eigenvalue weighted by molar-refractivity contribution is 5.09. The molecule has 0 aliphatic carbocycles. The van der Waals surface area contributed by atoms with Crippen molar-refractivity contribution in [3.63, 3.8) is 0 Å². The molecule has 1 aromatic heterocycles. The summed E-state index contributed by atoms with van der Waals surface area (Å²) in [6.07, 6.45) is 5.11. The Morgan fingerprint density at radius 2 is 2.44 bits per heavy atom. The molecule has 1 unspecified atom stereocenters. The minimum Gasteiger partial charge on any atom is -0.377 e. The average molecular weight is 223 g/mol. The number of nitrogens with one attached hydrogen (secondary N) is 1. The number of methoxy groups -OCH3 is 1. The summed E-state index contributed by atoms with van der Waals surface area (Å²) in [4.78, 5) is 4.26. The normalized spacial score (nSPS) is 21.6. The largest absolute Gasteiger partial charge is 0.377 e. The van der Waals surface area contributed by atoms with Crippen molar-refractivity contribution >= 4 is 0 Å². The summed E-state index contributed by atoms with van der Waals surface area (Å²) >= 11 is 0. The van der Waals surface area contributed by atoms with Crippen molar-refractivity contribution < 1.29 is 4.74 Å². The summed E-state index contributed by atoms with van der Waals surface area (Å²) in [6, 6.07) is 0. The number of hydrogen-bond acceptors (Lipinski definition) is 3. The lowest BCUT2D eigenvalue weighted by Crippen LogP contribution is -2.30. The molecule has 2 heterocycles. The lowest BCUT2D eigenvalue weighted by atomic mass is 10.0. The Balaban J connectivity index is 2.12. The van der Waals surface area contributed by atoms with Gasteiger partial charge in [-0.3, -0.25) is 0 Å². The van der Waals surface area contributed by atoms with Gasteiger partial charge in [-0.25, -0.2) is 4.98 Å². The van der Waals surface area contributed by atoms with Gasteiger partial charge in [0.2, 0.25) is 0 Å². The van der Waals surface area contributed by atoms with E-state index < -0.39 is 0 Å². The Morgan fingerprint density at radius 1 is 1.62 bits per heavy atom. The zero-order valence-electron chi connectivity index (χ0n) is 10.4. The smallest absolute Gasteiger partial charge is 0.0949 e. The van der Waals surface area contributed by atoms with Gasteiger partial charge in [-0.15, -0.1) is 0 Å². The highest BCUT2D eigenvalue weighted by atomic mass is 16.5. The third-order valence-corrected chi connectivity index (χ3v) is 3.33. The molecule has 1 saturated heterocycles. The molecule has 1 aliphatic heterocycles. The molecule has 0 aromatic carbocycles. The molecule has 1 atom stereocenters. The summed E-state index contributed by atoms with van der Waals surface area (Å²) in [5.74, 6) is 0.607. The predicted octanol–water partition coefficient (Wildman–Crippen LogP) is 1.39. The first kappa shape index (κ1) is 11.6. The molecule has 0 spiro atoms. The number of hydrogen-bond donors (Lipinski definition) is 1. The average Bonchev–Trinajstić information content (AvgIpc) is 2.86. The Morgan fingerprint density at radius 3 is 3.06 bits per heavy atom. The van der Waals surface area contributed by atoms with Gasteiger partial charge in [0.25, 0.3) is 0 Å². The molecule has 1 N–H and O–H groups in total. The van der Waals surface area contributed by atoms with Gasteiger partial charge >= 0.3 is 0 Å². The van der Waals surface area contributed by atoms with Crippen LogP contribution >= 0.6 is 0 Å². The van der Waals surface area contributed by atoms with Crippen LogP contribution in [0, 0.1) is 0 Å². The minimum atomic E-state index is -0.137. The fraction of sp³-hybridized carbons (Fsp3) is 0.750. The summed E-state index contributed by atoms with van der Waals surface area (Å²) < 4.78 is 7.69. The number of nitrogens with zero attached hydrogens (tertiary/aromatic N) is 2. The van der Waals surface area contributed by atoms with Crippen molar-refractivity contribution in [2.75, 3.05) is 20.2 Å². The van der Waals surface area contributed by atoms with E-state index in [2.05, 4.69) is 28.7 Å². The van der Waals surface area contributed by atoms with Crippen LogP contribution in [-0.2, 0) is 11.3 Å². The zero-order chi connectivity index (χ0) is 11.6. The van der Waals surface area contributed by atoms with Crippen LogP contribution in [0.3, 0.4) is 0 Å². The van der Waals surface area contributed by atoms with Crippen molar-refractivity contribution in [3.8, 4) is 0 Å². The van der Waals surface area contributed by atoms with Crippen molar-refractivity contribution in [1.82, 2.24) is 14.9 Å². The Kier molecular flexibility index (Phi) is 3.30. The van der Waals surface area contributed by atoms with Crippen LogP contribution in [0.25, 0.3) is 0 Å². The third-order valence-electron chi connectivity index (χ3n) is 3.33. The second-order valence-corrected chi connectivity index (χ2v) is 5.10. The van der Waals surface area contributed by atoms with Gasteiger partial charge in [-0.05, 0) is 26.8 Å². The standard InChI is InChI=1S/C12H21N3O/c1-12(2,16-3)8-15-9-14-7-11(15)10-4-5-13-6-10/h7,9-10,13H,4-6,8H2,1-3H3. The van der Waals surface area contributed by atoms with Gasteiger partial charge in [-0.2, -0.15) is 0 Å². The molecule has 0 amide bonds. The first-order valence-corrected chi connectivity index (χ1v) is 5.88. The van der Waals surface area contributed by atoms with Crippen molar-refractivity contribution in [2.45, 2.75) is 38.3 Å². The van der Waals surface area contributed by atoms with E-state index in [1.54, 1.807) is 7.11 Å². The van der Waals surface area contributed by atoms with E-state index in [0.29, 0.717) is 5.92 Å². The molecule has 16 heavy (non-hydrogen) atoms. The molecule has 0 saturated carbocycles. The van der Waals surface area contributed by atoms with E-state index in [0.717, 1.165) is 19.6 Å². The van der Waals surface area contributed by atoms with E-state index in [4.69, 9.17) is 4.74 Å². The predicted molar refractivity (Wildman–Crippen MR) is 63.5 cm³/mol. The van der Waals surface area contributed by atoms with Crippen LogP contribution in [0.15, 0.2) is 12.5 Å². The number of imidazole rings is 1. The van der Waals surface area contributed by atoms with E-state index >= 15 is 0 Å². The van der Waals surface area contributed by atoms with Crippen LogP contribution in [0.1, 0.15) is 31.9 Å². The minimum absolute atomic E-state index is 0.137. The molecule has 2 rings (SSSR count). The highest BCUT2D eigenvalue weighted by Gasteiger charge is 2.23. The number of aromatic nitrogens is 2. The Hall–Kier alpha value is -0.870. The maximum Gasteiger partial charge on any atom is 0.0949 e. The second-order valence-electron chi connectivity index (χ2n) is 5.10. The van der Waals surface area contributed by atoms with Gasteiger partial charge in [0, 0.05) is 31.5 Å². The van der Waals surface area contributed by atoms with Crippen LogP contribution in [0.2, 0.25) is 0 Å². The molecule has 0 radical (unpaired) electrons. The quantitative estimate of drug-likeness (QED) is 0.838. The van der Waals surface area contributed by atoms with Crippen molar-refractivity contribution in [3.05, 3.63) is 18.2 Å². The lowest BCUT2D eigenvalue weighted by Gasteiger charge is -2.25. The molecular weight excluding hydrogens is 202 g/mol. The van der Waals surface area contributed by atoms with Gasteiger partial charge in [0.15, 0.2) is 0 Å². The van der Waals surface area contributed by atoms with Gasteiger partial charge in [-0.1, -0.05) is 0 Å². The van der Waals surface area contributed by atoms with Crippen LogP contribution in [0.4, 0.5) is 0 Å². The molecule has 0 bridgehead atoms. The van der Waals surface area contributed by atoms with Gasteiger partial charge in [0.05, 0.1) is 18.5 Å². The zero-order valence-corrected chi connectivity index (χ0v) is 10.4. The van der Waals surface area contributed by atoms with Crippen molar-refractivity contribution in [2.24, 2.45) is 0 Å².